The number of aliphatic hydroxyl groups is 1. The van der Waals surface area contributed by atoms with Gasteiger partial charge in [0.25, 0.3) is 0 Å². The molecule has 0 aliphatic carbocycles. The van der Waals surface area contributed by atoms with E-state index in [2.05, 4.69) is 41.5 Å². The summed E-state index contributed by atoms with van der Waals surface area (Å²) in [5.41, 5.74) is 0. The molecule has 93 heavy (non-hydrogen) atoms. The Hall–Kier alpha value is -1.94. The van der Waals surface area contributed by atoms with Crippen molar-refractivity contribution in [2.24, 2.45) is 11.8 Å². The summed E-state index contributed by atoms with van der Waals surface area (Å²) in [6.45, 7) is 9.59. The first kappa shape index (κ1) is 91.1. The molecule has 0 saturated carbocycles. The summed E-state index contributed by atoms with van der Waals surface area (Å²) >= 11 is 0. The van der Waals surface area contributed by atoms with Gasteiger partial charge < -0.3 is 33.8 Å². The Kier molecular flexibility index (Phi) is 64.6. The van der Waals surface area contributed by atoms with Crippen molar-refractivity contribution in [2.45, 2.75) is 400 Å². The van der Waals surface area contributed by atoms with Crippen molar-refractivity contribution in [1.82, 2.24) is 0 Å². The number of phosphoric ester groups is 2. The molecule has 0 aromatic heterocycles. The molecule has 552 valence electrons. The summed E-state index contributed by atoms with van der Waals surface area (Å²) in [4.78, 5) is 72.6. The SMILES string of the molecule is CCCCCCCCCCCCCC(=O)O[C@H](COC(=O)CCCCCCCCCC)COP(=O)(O)OC[C@H](O)COP(=O)(O)OC[C@@H](COC(=O)CCCCCCCCCCCCCCC(C)C)OC(=O)CCCCCCCCCCCCCCCCCCC(C)C. The lowest BCUT2D eigenvalue weighted by Gasteiger charge is -2.21. The maximum Gasteiger partial charge on any atom is 0.472 e. The smallest absolute Gasteiger partial charge is 0.462 e. The quantitative estimate of drug-likeness (QED) is 0.0222. The Balaban J connectivity index is 5.20. The number of carbonyl (C=O) groups excluding carboxylic acids is 4. The van der Waals surface area contributed by atoms with E-state index in [-0.39, 0.29) is 25.7 Å². The van der Waals surface area contributed by atoms with Gasteiger partial charge in [-0.15, -0.1) is 0 Å². The van der Waals surface area contributed by atoms with E-state index < -0.39 is 97.5 Å². The van der Waals surface area contributed by atoms with Crippen LogP contribution in [0.15, 0.2) is 0 Å². The number of aliphatic hydroxyl groups excluding tert-OH is 1. The van der Waals surface area contributed by atoms with Gasteiger partial charge in [-0.05, 0) is 37.5 Å². The molecule has 0 heterocycles. The third-order valence-corrected chi connectivity index (χ3v) is 19.1. The zero-order chi connectivity index (χ0) is 68.6. The van der Waals surface area contributed by atoms with Gasteiger partial charge >= 0.3 is 39.5 Å². The highest BCUT2D eigenvalue weighted by molar-refractivity contribution is 7.47. The molecule has 0 radical (unpaired) electrons. The third kappa shape index (κ3) is 68.4. The topological polar surface area (TPSA) is 237 Å². The van der Waals surface area contributed by atoms with Gasteiger partial charge in [0.1, 0.15) is 19.3 Å². The molecule has 19 heteroatoms. The van der Waals surface area contributed by atoms with Crippen LogP contribution in [0.25, 0.3) is 0 Å². The Morgan fingerprint density at radius 1 is 0.290 bits per heavy atom. The standard InChI is InChI=1S/C74H144O17P2/c1-7-9-11-13-15-17-26-34-40-46-52-58-73(78)90-69(62-84-71(76)56-50-44-38-16-14-12-10-8-2)64-88-92(80,81)86-60-68(75)61-87-93(82,83)89-65-70(63-85-72(77)57-51-45-39-33-29-25-24-28-32-37-43-49-55-67(5)6)91-74(79)59-53-47-41-35-30-23-21-19-18-20-22-27-31-36-42-48-54-66(3)4/h66-70,75H,7-65H2,1-6H3,(H,80,81)(H,82,83)/t68-,69+,70+/m0/s1. The Bertz CT molecular complexity index is 1800. The van der Waals surface area contributed by atoms with Gasteiger partial charge in [-0.2, -0.15) is 0 Å². The van der Waals surface area contributed by atoms with Gasteiger partial charge in [0.2, 0.25) is 0 Å². The maximum absolute atomic E-state index is 13.1. The average molecular weight is 1370 g/mol. The molecule has 0 saturated heterocycles. The molecule has 0 fully saturated rings. The fourth-order valence-corrected chi connectivity index (χ4v) is 12.9. The first-order valence-corrected chi connectivity index (χ1v) is 41.5. The highest BCUT2D eigenvalue weighted by Gasteiger charge is 2.30. The van der Waals surface area contributed by atoms with Crippen LogP contribution in [0.1, 0.15) is 382 Å². The van der Waals surface area contributed by atoms with Crippen LogP contribution in [0.3, 0.4) is 0 Å². The molecule has 0 aliphatic rings. The van der Waals surface area contributed by atoms with Crippen LogP contribution >= 0.6 is 15.6 Å². The normalized spacial score (nSPS) is 14.1. The number of ether oxygens (including phenoxy) is 4. The van der Waals surface area contributed by atoms with Crippen molar-refractivity contribution < 1.29 is 80.2 Å². The maximum atomic E-state index is 13.1. The lowest BCUT2D eigenvalue weighted by Crippen LogP contribution is -2.30. The minimum atomic E-state index is -4.95. The molecular weight excluding hydrogens is 1220 g/mol. The van der Waals surface area contributed by atoms with Crippen molar-refractivity contribution >= 4 is 39.5 Å². The first-order chi connectivity index (χ1) is 44.9. The lowest BCUT2D eigenvalue weighted by molar-refractivity contribution is -0.161. The number of carbonyl (C=O) groups is 4. The third-order valence-electron chi connectivity index (χ3n) is 17.2. The molecule has 0 spiro atoms. The van der Waals surface area contributed by atoms with Crippen LogP contribution in [-0.2, 0) is 65.4 Å². The van der Waals surface area contributed by atoms with Gasteiger partial charge in [-0.25, -0.2) is 9.13 Å². The number of esters is 4. The van der Waals surface area contributed by atoms with Crippen molar-refractivity contribution in [3.05, 3.63) is 0 Å². The molecule has 17 nitrogen and oxygen atoms in total. The van der Waals surface area contributed by atoms with E-state index in [0.717, 1.165) is 108 Å². The average Bonchev–Trinajstić information content (AvgIpc) is 2.02. The van der Waals surface area contributed by atoms with Crippen molar-refractivity contribution in [3.63, 3.8) is 0 Å². The van der Waals surface area contributed by atoms with Gasteiger partial charge in [-0.3, -0.25) is 37.3 Å². The van der Waals surface area contributed by atoms with Crippen LogP contribution in [0.4, 0.5) is 0 Å². The van der Waals surface area contributed by atoms with E-state index in [1.165, 1.54) is 193 Å². The van der Waals surface area contributed by atoms with E-state index >= 15 is 0 Å². The number of phosphoric acid groups is 2. The predicted octanol–water partition coefficient (Wildman–Crippen LogP) is 21.6. The molecule has 5 atom stereocenters. The van der Waals surface area contributed by atoms with Crippen LogP contribution < -0.4 is 0 Å². The largest absolute Gasteiger partial charge is 0.472 e. The fraction of sp³-hybridized carbons (Fsp3) is 0.946. The van der Waals surface area contributed by atoms with E-state index in [1.54, 1.807) is 0 Å². The van der Waals surface area contributed by atoms with E-state index in [1.807, 2.05) is 0 Å². The van der Waals surface area contributed by atoms with E-state index in [9.17, 15) is 43.2 Å². The summed E-state index contributed by atoms with van der Waals surface area (Å²) in [5, 5.41) is 10.6. The second kappa shape index (κ2) is 66.0. The molecule has 0 bridgehead atoms. The summed E-state index contributed by atoms with van der Waals surface area (Å²) in [7, 11) is -9.90. The highest BCUT2D eigenvalue weighted by Crippen LogP contribution is 2.45. The van der Waals surface area contributed by atoms with Gasteiger partial charge in [0.05, 0.1) is 26.4 Å². The molecule has 0 aromatic rings. The van der Waals surface area contributed by atoms with Crippen LogP contribution in [-0.4, -0.2) is 96.7 Å². The number of rotatable bonds is 73. The summed E-state index contributed by atoms with van der Waals surface area (Å²) in [5.74, 6) is -0.529. The zero-order valence-electron chi connectivity index (χ0n) is 60.6. The lowest BCUT2D eigenvalue weighted by atomic mass is 10.0. The van der Waals surface area contributed by atoms with Crippen molar-refractivity contribution in [2.75, 3.05) is 39.6 Å². The van der Waals surface area contributed by atoms with Crippen LogP contribution in [0.2, 0.25) is 0 Å². The number of hydrogen-bond donors (Lipinski definition) is 3. The molecule has 2 unspecified atom stereocenters. The minimum absolute atomic E-state index is 0.107. The fourth-order valence-electron chi connectivity index (χ4n) is 11.3. The molecule has 3 N–H and O–H groups in total. The molecular formula is C74H144O17P2. The van der Waals surface area contributed by atoms with Crippen molar-refractivity contribution in [3.8, 4) is 0 Å². The number of hydrogen-bond acceptors (Lipinski definition) is 15. The zero-order valence-corrected chi connectivity index (χ0v) is 62.3. The molecule has 0 aromatic carbocycles. The summed E-state index contributed by atoms with van der Waals surface area (Å²) in [6, 6.07) is 0. The number of unbranched alkanes of at least 4 members (excludes halogenated alkanes) is 43. The van der Waals surface area contributed by atoms with E-state index in [4.69, 9.17) is 37.0 Å². The Morgan fingerprint density at radius 3 is 0.731 bits per heavy atom. The second-order valence-electron chi connectivity index (χ2n) is 27.6. The molecule has 0 amide bonds. The van der Waals surface area contributed by atoms with Gasteiger partial charge in [0, 0.05) is 25.7 Å². The van der Waals surface area contributed by atoms with Crippen molar-refractivity contribution in [1.29, 1.82) is 0 Å². The predicted molar refractivity (Wildman–Crippen MR) is 377 cm³/mol. The molecule has 0 rings (SSSR count). The highest BCUT2D eigenvalue weighted by atomic mass is 31.2. The first-order valence-electron chi connectivity index (χ1n) is 38.5. The van der Waals surface area contributed by atoms with Crippen LogP contribution in [0, 0.1) is 11.8 Å². The van der Waals surface area contributed by atoms with Crippen LogP contribution in [0.5, 0.6) is 0 Å². The van der Waals surface area contributed by atoms with Gasteiger partial charge in [-0.1, -0.05) is 330 Å². The van der Waals surface area contributed by atoms with Gasteiger partial charge in [0.15, 0.2) is 12.2 Å². The molecule has 0 aliphatic heterocycles. The Labute approximate surface area is 568 Å². The Morgan fingerprint density at radius 2 is 0.495 bits per heavy atom. The summed E-state index contributed by atoms with van der Waals surface area (Å²) in [6.07, 6.45) is 52.7. The second-order valence-corrected chi connectivity index (χ2v) is 30.5. The van der Waals surface area contributed by atoms with E-state index in [0.29, 0.717) is 25.7 Å². The monoisotopic (exact) mass is 1370 g/mol. The minimum Gasteiger partial charge on any atom is -0.462 e. The summed E-state index contributed by atoms with van der Waals surface area (Å²) < 4.78 is 68.4.